The molecule has 0 saturated heterocycles. The number of hydrogen-bond donors (Lipinski definition) is 2. The summed E-state index contributed by atoms with van der Waals surface area (Å²) >= 11 is 5.35. The Hall–Kier alpha value is -1.62. The van der Waals surface area contributed by atoms with Gasteiger partial charge in [0, 0.05) is 18.7 Å². The van der Waals surface area contributed by atoms with Gasteiger partial charge in [-0.2, -0.15) is 5.10 Å². The standard InChI is InChI=1S/C15H23N3OS/c1-4-10-18(11-5-2)15(20)17-16-12(3)13-8-6-7-9-14(13)19/h6-9,19H,4-5,10-11H2,1-3H3,(H,17,20). The summed E-state index contributed by atoms with van der Waals surface area (Å²) in [5, 5.41) is 14.7. The van der Waals surface area contributed by atoms with Crippen LogP contribution >= 0.6 is 12.2 Å². The van der Waals surface area contributed by atoms with Crippen molar-refractivity contribution in [1.29, 1.82) is 0 Å². The maximum Gasteiger partial charge on any atom is 0.189 e. The van der Waals surface area contributed by atoms with Gasteiger partial charge in [-0.15, -0.1) is 0 Å². The number of aromatic hydroxyl groups is 1. The van der Waals surface area contributed by atoms with E-state index in [4.69, 9.17) is 12.2 Å². The molecule has 0 fully saturated rings. The van der Waals surface area contributed by atoms with Crippen LogP contribution in [-0.2, 0) is 0 Å². The molecular weight excluding hydrogens is 270 g/mol. The molecule has 5 heteroatoms. The molecule has 1 rings (SSSR count). The van der Waals surface area contributed by atoms with Gasteiger partial charge in [0.25, 0.3) is 0 Å². The van der Waals surface area contributed by atoms with Crippen molar-refractivity contribution in [3.8, 4) is 5.75 Å². The lowest BCUT2D eigenvalue weighted by molar-refractivity contribution is 0.411. The Labute approximate surface area is 126 Å². The zero-order valence-electron chi connectivity index (χ0n) is 12.4. The van der Waals surface area contributed by atoms with Gasteiger partial charge in [-0.1, -0.05) is 26.0 Å². The van der Waals surface area contributed by atoms with Gasteiger partial charge >= 0.3 is 0 Å². The number of hydrazone groups is 1. The first-order chi connectivity index (χ1) is 9.60. The van der Waals surface area contributed by atoms with Crippen molar-refractivity contribution in [2.75, 3.05) is 13.1 Å². The predicted octanol–water partition coefficient (Wildman–Crippen LogP) is 3.11. The number of hydrogen-bond acceptors (Lipinski definition) is 3. The van der Waals surface area contributed by atoms with Gasteiger partial charge in [0.1, 0.15) is 5.75 Å². The normalized spacial score (nSPS) is 11.2. The van der Waals surface area contributed by atoms with E-state index >= 15 is 0 Å². The van der Waals surface area contributed by atoms with E-state index in [1.807, 2.05) is 19.1 Å². The monoisotopic (exact) mass is 293 g/mol. The largest absolute Gasteiger partial charge is 0.507 e. The van der Waals surface area contributed by atoms with Crippen LogP contribution in [0, 0.1) is 0 Å². The van der Waals surface area contributed by atoms with Crippen LogP contribution in [0.3, 0.4) is 0 Å². The minimum absolute atomic E-state index is 0.223. The molecule has 0 amide bonds. The molecule has 0 spiro atoms. The molecule has 4 nitrogen and oxygen atoms in total. The maximum absolute atomic E-state index is 9.77. The van der Waals surface area contributed by atoms with E-state index in [0.717, 1.165) is 25.9 Å². The van der Waals surface area contributed by atoms with Gasteiger partial charge in [0.05, 0.1) is 5.71 Å². The Morgan fingerprint density at radius 2 is 1.85 bits per heavy atom. The summed E-state index contributed by atoms with van der Waals surface area (Å²) in [6, 6.07) is 7.13. The fourth-order valence-corrected chi connectivity index (χ4v) is 2.13. The lowest BCUT2D eigenvalue weighted by Gasteiger charge is -2.23. The topological polar surface area (TPSA) is 47.9 Å². The summed E-state index contributed by atoms with van der Waals surface area (Å²) in [6.07, 6.45) is 2.09. The number of benzene rings is 1. The van der Waals surface area contributed by atoms with Gasteiger partial charge < -0.3 is 10.0 Å². The number of thiocarbonyl (C=S) groups is 1. The van der Waals surface area contributed by atoms with Crippen molar-refractivity contribution >= 4 is 23.0 Å². The Kier molecular flexibility index (Phi) is 7.01. The van der Waals surface area contributed by atoms with Gasteiger partial charge in [-0.3, -0.25) is 5.43 Å². The molecule has 0 atom stereocenters. The molecule has 1 aromatic rings. The van der Waals surface area contributed by atoms with Gasteiger partial charge in [0.2, 0.25) is 0 Å². The van der Waals surface area contributed by atoms with Crippen molar-refractivity contribution in [3.63, 3.8) is 0 Å². The van der Waals surface area contributed by atoms with E-state index in [0.29, 0.717) is 16.4 Å². The number of para-hydroxylation sites is 1. The molecule has 0 bridgehead atoms. The molecule has 110 valence electrons. The number of phenols is 1. The number of nitrogens with zero attached hydrogens (tertiary/aromatic N) is 2. The zero-order chi connectivity index (χ0) is 15.0. The van der Waals surface area contributed by atoms with Crippen LogP contribution in [0.25, 0.3) is 0 Å². The average molecular weight is 293 g/mol. The van der Waals surface area contributed by atoms with Crippen molar-refractivity contribution in [2.45, 2.75) is 33.6 Å². The van der Waals surface area contributed by atoms with Crippen molar-refractivity contribution in [3.05, 3.63) is 29.8 Å². The molecule has 20 heavy (non-hydrogen) atoms. The minimum Gasteiger partial charge on any atom is -0.507 e. The Bertz CT molecular complexity index is 468. The van der Waals surface area contributed by atoms with E-state index in [2.05, 4.69) is 29.3 Å². The van der Waals surface area contributed by atoms with Crippen LogP contribution in [0.5, 0.6) is 5.75 Å². The SMILES string of the molecule is CCCN(CCC)C(=S)NN=C(C)c1ccccc1O. The first-order valence-corrected chi connectivity index (χ1v) is 7.38. The summed E-state index contributed by atoms with van der Waals surface area (Å²) in [5.41, 5.74) is 4.33. The molecule has 0 unspecified atom stereocenters. The molecule has 0 aliphatic carbocycles. The molecule has 2 N–H and O–H groups in total. The molecule has 0 saturated carbocycles. The predicted molar refractivity (Wildman–Crippen MR) is 88.2 cm³/mol. The Balaban J connectivity index is 2.70. The first-order valence-electron chi connectivity index (χ1n) is 6.97. The smallest absolute Gasteiger partial charge is 0.189 e. The molecule has 1 aromatic carbocycles. The van der Waals surface area contributed by atoms with E-state index in [9.17, 15) is 5.11 Å². The summed E-state index contributed by atoms with van der Waals surface area (Å²) in [5.74, 6) is 0.223. The van der Waals surface area contributed by atoms with Crippen molar-refractivity contribution < 1.29 is 5.11 Å². The maximum atomic E-state index is 9.77. The third-order valence-corrected chi connectivity index (χ3v) is 3.24. The fourth-order valence-electron chi connectivity index (χ4n) is 1.90. The molecule has 0 heterocycles. The second-order valence-corrected chi connectivity index (χ2v) is 5.01. The highest BCUT2D eigenvalue weighted by Gasteiger charge is 2.08. The number of phenolic OH excluding ortho intramolecular Hbond substituents is 1. The molecular formula is C15H23N3OS. The highest BCUT2D eigenvalue weighted by atomic mass is 32.1. The summed E-state index contributed by atoms with van der Waals surface area (Å²) < 4.78 is 0. The average Bonchev–Trinajstić information content (AvgIpc) is 2.44. The van der Waals surface area contributed by atoms with Gasteiger partial charge in [-0.25, -0.2) is 0 Å². The van der Waals surface area contributed by atoms with Crippen LogP contribution in [-0.4, -0.2) is 33.9 Å². The van der Waals surface area contributed by atoms with Crippen LogP contribution < -0.4 is 5.43 Å². The highest BCUT2D eigenvalue weighted by molar-refractivity contribution is 7.80. The van der Waals surface area contributed by atoms with Gasteiger partial charge in [-0.05, 0) is 44.1 Å². The van der Waals surface area contributed by atoms with Gasteiger partial charge in [0.15, 0.2) is 5.11 Å². The lowest BCUT2D eigenvalue weighted by atomic mass is 10.1. The van der Waals surface area contributed by atoms with E-state index in [1.165, 1.54) is 0 Å². The molecule has 0 aromatic heterocycles. The van der Waals surface area contributed by atoms with Crippen molar-refractivity contribution in [1.82, 2.24) is 10.3 Å². The lowest BCUT2D eigenvalue weighted by Crippen LogP contribution is -2.38. The molecule has 0 radical (unpaired) electrons. The van der Waals surface area contributed by atoms with Crippen LogP contribution in [0.2, 0.25) is 0 Å². The molecule has 0 aliphatic rings. The van der Waals surface area contributed by atoms with Crippen molar-refractivity contribution in [2.24, 2.45) is 5.10 Å². The Morgan fingerprint density at radius 1 is 1.25 bits per heavy atom. The van der Waals surface area contributed by atoms with Crippen LogP contribution in [0.4, 0.5) is 0 Å². The van der Waals surface area contributed by atoms with E-state index < -0.39 is 0 Å². The summed E-state index contributed by atoms with van der Waals surface area (Å²) in [4.78, 5) is 2.11. The zero-order valence-corrected chi connectivity index (χ0v) is 13.2. The number of rotatable bonds is 6. The third kappa shape index (κ3) is 4.81. The van der Waals surface area contributed by atoms with E-state index in [1.54, 1.807) is 12.1 Å². The first kappa shape index (κ1) is 16.4. The number of nitrogens with one attached hydrogen (secondary N) is 1. The fraction of sp³-hybridized carbons (Fsp3) is 0.467. The quantitative estimate of drug-likeness (QED) is 0.481. The van der Waals surface area contributed by atoms with E-state index in [-0.39, 0.29) is 5.75 Å². The molecule has 0 aliphatic heterocycles. The highest BCUT2D eigenvalue weighted by Crippen LogP contribution is 2.16. The summed E-state index contributed by atoms with van der Waals surface area (Å²) in [6.45, 7) is 7.94. The second kappa shape index (κ2) is 8.53. The van der Waals surface area contributed by atoms with Crippen LogP contribution in [0.1, 0.15) is 39.2 Å². The second-order valence-electron chi connectivity index (χ2n) is 4.62. The van der Waals surface area contributed by atoms with Crippen LogP contribution in [0.15, 0.2) is 29.4 Å². The third-order valence-electron chi connectivity index (χ3n) is 2.89. The Morgan fingerprint density at radius 3 is 2.40 bits per heavy atom. The summed E-state index contributed by atoms with van der Waals surface area (Å²) in [7, 11) is 0. The minimum atomic E-state index is 0.223.